The van der Waals surface area contributed by atoms with Gasteiger partial charge in [-0.3, -0.25) is 0 Å². The van der Waals surface area contributed by atoms with Crippen molar-refractivity contribution in [3.05, 3.63) is 139 Å². The first-order valence-corrected chi connectivity index (χ1v) is 11.6. The Labute approximate surface area is 168 Å². The lowest BCUT2D eigenvalue weighted by Gasteiger charge is -2.28. The van der Waals surface area contributed by atoms with Gasteiger partial charge < -0.3 is 0 Å². The molecule has 0 unspecified atom stereocenters. The zero-order chi connectivity index (χ0) is 19.1. The highest BCUT2D eigenvalue weighted by molar-refractivity contribution is 7.95. The summed E-state index contributed by atoms with van der Waals surface area (Å²) in [6, 6.07) is 33.1. The van der Waals surface area contributed by atoms with Crippen molar-refractivity contribution in [2.75, 3.05) is 6.16 Å². The molecule has 136 valence electrons. The van der Waals surface area contributed by atoms with Crippen LogP contribution < -0.4 is 15.9 Å². The summed E-state index contributed by atoms with van der Waals surface area (Å²) in [4.78, 5) is 0. The fraction of sp³-hybridized carbons (Fsp3) is 0.0370. The lowest BCUT2D eigenvalue weighted by molar-refractivity contribution is 1.50. The van der Waals surface area contributed by atoms with Gasteiger partial charge in [-0.25, -0.2) is 0 Å². The predicted molar refractivity (Wildman–Crippen MR) is 126 cm³/mol. The van der Waals surface area contributed by atoms with Crippen molar-refractivity contribution >= 4 is 23.2 Å². The Kier molecular flexibility index (Phi) is 5.80. The molecule has 3 aromatic rings. The van der Waals surface area contributed by atoms with E-state index in [1.165, 1.54) is 21.5 Å². The summed E-state index contributed by atoms with van der Waals surface area (Å²) in [7, 11) is -1.83. The lowest BCUT2D eigenvalue weighted by Crippen LogP contribution is -2.33. The fourth-order valence-electron chi connectivity index (χ4n) is 3.75. The van der Waals surface area contributed by atoms with E-state index < -0.39 is 7.26 Å². The maximum Gasteiger partial charge on any atom is 0.116 e. The lowest BCUT2D eigenvalue weighted by atomic mass is 10.2. The van der Waals surface area contributed by atoms with Crippen molar-refractivity contribution in [3.8, 4) is 0 Å². The zero-order valence-electron chi connectivity index (χ0n) is 15.9. The van der Waals surface area contributed by atoms with Crippen LogP contribution in [0, 0.1) is 0 Å². The third-order valence-electron chi connectivity index (χ3n) is 5.08. The summed E-state index contributed by atoms with van der Waals surface area (Å²) in [6.07, 6.45) is 16.1. The van der Waals surface area contributed by atoms with Crippen molar-refractivity contribution in [2.45, 2.75) is 0 Å². The van der Waals surface area contributed by atoms with E-state index in [1.807, 2.05) is 0 Å². The number of rotatable bonds is 5. The summed E-state index contributed by atoms with van der Waals surface area (Å²) in [5.41, 5.74) is 1.35. The van der Waals surface area contributed by atoms with Crippen molar-refractivity contribution < 1.29 is 0 Å². The molecule has 28 heavy (non-hydrogen) atoms. The molecule has 0 bridgehead atoms. The maximum absolute atomic E-state index is 2.30. The normalized spacial score (nSPS) is 18.9. The summed E-state index contributed by atoms with van der Waals surface area (Å²) >= 11 is 0. The van der Waals surface area contributed by atoms with Gasteiger partial charge in [0.25, 0.3) is 0 Å². The second kappa shape index (κ2) is 8.83. The molecule has 1 heteroatoms. The van der Waals surface area contributed by atoms with Crippen molar-refractivity contribution in [2.24, 2.45) is 0 Å². The second-order valence-electron chi connectivity index (χ2n) is 6.85. The minimum absolute atomic E-state index is 1.000. The minimum atomic E-state index is -1.83. The highest BCUT2D eigenvalue weighted by Gasteiger charge is 2.45. The quantitative estimate of drug-likeness (QED) is 0.507. The number of benzene rings is 3. The molecule has 3 aromatic carbocycles. The van der Waals surface area contributed by atoms with Crippen LogP contribution in [0.25, 0.3) is 0 Å². The summed E-state index contributed by atoms with van der Waals surface area (Å²) in [5.74, 6) is 0. The molecule has 0 amide bonds. The molecule has 0 N–H and O–H groups in total. The van der Waals surface area contributed by atoms with Crippen LogP contribution in [0.4, 0.5) is 0 Å². The van der Waals surface area contributed by atoms with E-state index in [0.717, 1.165) is 6.16 Å². The van der Waals surface area contributed by atoms with E-state index in [4.69, 9.17) is 0 Å². The zero-order valence-corrected chi connectivity index (χ0v) is 16.8. The Morgan fingerprint density at radius 2 is 0.893 bits per heavy atom. The molecule has 0 heterocycles. The summed E-state index contributed by atoms with van der Waals surface area (Å²) < 4.78 is 0. The first-order chi connectivity index (χ1) is 13.9. The molecule has 0 nitrogen and oxygen atoms in total. The Morgan fingerprint density at radius 3 is 1.39 bits per heavy atom. The number of hydrogen-bond acceptors (Lipinski definition) is 0. The van der Waals surface area contributed by atoms with Crippen LogP contribution in [0.15, 0.2) is 139 Å². The van der Waals surface area contributed by atoms with Gasteiger partial charge in [0.2, 0.25) is 0 Å². The number of hydrogen-bond donors (Lipinski definition) is 0. The van der Waals surface area contributed by atoms with Gasteiger partial charge >= 0.3 is 0 Å². The molecule has 0 aromatic heterocycles. The molecule has 4 rings (SSSR count). The molecule has 0 fully saturated rings. The molecular formula is C27H24P+. The minimum Gasteiger partial charge on any atom is -0.0623 e. The van der Waals surface area contributed by atoms with Crippen LogP contribution in [0.1, 0.15) is 0 Å². The molecule has 0 spiro atoms. The molecule has 0 saturated carbocycles. The van der Waals surface area contributed by atoms with Crippen LogP contribution in [-0.4, -0.2) is 6.16 Å². The third-order valence-corrected chi connectivity index (χ3v) is 9.45. The van der Waals surface area contributed by atoms with Gasteiger partial charge in [0.1, 0.15) is 23.2 Å². The monoisotopic (exact) mass is 379 g/mol. The largest absolute Gasteiger partial charge is 0.116 e. The van der Waals surface area contributed by atoms with Gasteiger partial charge in [0, 0.05) is 0 Å². The van der Waals surface area contributed by atoms with Gasteiger partial charge in [-0.1, -0.05) is 97.1 Å². The Hall–Kier alpha value is -2.95. The SMILES string of the molecule is C1=C\C=C/C(C[P+](c2ccccc2)(c2ccccc2)c2ccccc2)=C\C=C/1. The number of allylic oxidation sites excluding steroid dienone is 8. The average Bonchev–Trinajstić information content (AvgIpc) is 2.75. The van der Waals surface area contributed by atoms with E-state index in [9.17, 15) is 0 Å². The molecular weight excluding hydrogens is 355 g/mol. The van der Waals surface area contributed by atoms with Gasteiger partial charge in [0.05, 0.1) is 6.16 Å². The van der Waals surface area contributed by atoms with Crippen molar-refractivity contribution in [1.29, 1.82) is 0 Å². The predicted octanol–water partition coefficient (Wildman–Crippen LogP) is 5.59. The van der Waals surface area contributed by atoms with Crippen LogP contribution >= 0.6 is 7.26 Å². The third kappa shape index (κ3) is 3.84. The first-order valence-electron chi connectivity index (χ1n) is 9.65. The molecule has 1 aliphatic rings. The molecule has 0 radical (unpaired) electrons. The van der Waals surface area contributed by atoms with Gasteiger partial charge in [-0.15, -0.1) is 0 Å². The van der Waals surface area contributed by atoms with E-state index in [-0.39, 0.29) is 0 Å². The van der Waals surface area contributed by atoms with Crippen LogP contribution in [0.5, 0.6) is 0 Å². The molecule has 0 aliphatic heterocycles. The van der Waals surface area contributed by atoms with Crippen LogP contribution in [0.3, 0.4) is 0 Å². The van der Waals surface area contributed by atoms with Gasteiger partial charge in [-0.2, -0.15) is 0 Å². The van der Waals surface area contributed by atoms with E-state index in [1.54, 1.807) is 0 Å². The van der Waals surface area contributed by atoms with Gasteiger partial charge in [0.15, 0.2) is 0 Å². The topological polar surface area (TPSA) is 0 Å². The Balaban J connectivity index is 1.96. The van der Waals surface area contributed by atoms with E-state index in [2.05, 4.69) is 134 Å². The maximum atomic E-state index is 2.30. The molecule has 0 atom stereocenters. The standard InChI is InChI=1S/C27H24P/c1-2-7-15-24(16-8-3-1)23-28(25-17-9-4-10-18-25,26-19-11-5-12-20-26)27-21-13-6-14-22-27/h1-22H,23H2/q+1/b2-1-,3-1?,7-2?,8-3-,15-7-,16-8?,24-15?,24-16+. The second-order valence-corrected chi connectivity index (χ2v) is 10.3. The summed E-state index contributed by atoms with van der Waals surface area (Å²) in [5, 5.41) is 4.26. The average molecular weight is 379 g/mol. The van der Waals surface area contributed by atoms with Crippen LogP contribution in [-0.2, 0) is 0 Å². The van der Waals surface area contributed by atoms with Gasteiger partial charge in [-0.05, 0) is 42.0 Å². The summed E-state index contributed by atoms with van der Waals surface area (Å²) in [6.45, 7) is 0. The Morgan fingerprint density at radius 1 is 0.464 bits per heavy atom. The highest BCUT2D eigenvalue weighted by atomic mass is 31.2. The molecule has 1 aliphatic carbocycles. The van der Waals surface area contributed by atoms with E-state index >= 15 is 0 Å². The van der Waals surface area contributed by atoms with Crippen molar-refractivity contribution in [1.82, 2.24) is 0 Å². The smallest absolute Gasteiger partial charge is 0.0623 e. The highest BCUT2D eigenvalue weighted by Crippen LogP contribution is 2.56. The van der Waals surface area contributed by atoms with E-state index in [0.29, 0.717) is 0 Å². The fourth-order valence-corrected chi connectivity index (χ4v) is 8.00. The molecule has 0 saturated heterocycles. The van der Waals surface area contributed by atoms with Crippen molar-refractivity contribution in [3.63, 3.8) is 0 Å². The van der Waals surface area contributed by atoms with Crippen LogP contribution in [0.2, 0.25) is 0 Å². The Bertz CT molecular complexity index is 913. The first kappa shape index (κ1) is 18.4.